The van der Waals surface area contributed by atoms with Crippen LogP contribution in [0.3, 0.4) is 0 Å². The number of aryl methyl sites for hydroxylation is 1. The van der Waals surface area contributed by atoms with E-state index in [1.807, 2.05) is 6.92 Å². The molecule has 1 unspecified atom stereocenters. The molecule has 1 saturated heterocycles. The van der Waals surface area contributed by atoms with E-state index in [2.05, 4.69) is 10.2 Å². The summed E-state index contributed by atoms with van der Waals surface area (Å²) in [7, 11) is 0. The molecule has 1 amide bonds. The van der Waals surface area contributed by atoms with E-state index in [0.29, 0.717) is 18.5 Å². The van der Waals surface area contributed by atoms with Gasteiger partial charge in [0.05, 0.1) is 17.9 Å². The molecule has 2 N–H and O–H groups in total. The number of aliphatic hydroxyl groups excluding tert-OH is 1. The second-order valence-corrected chi connectivity index (χ2v) is 4.29. The number of hydrogen-bond acceptors (Lipinski definition) is 3. The summed E-state index contributed by atoms with van der Waals surface area (Å²) in [5, 5.41) is 16.1. The standard InChI is InChI=1S/C11H17N3O2/c1-8-10(7-12-13-8)11(16)14-5-2-3-9(15)4-6-14/h7,9,15H,2-6H2,1H3,(H,12,13). The van der Waals surface area contributed by atoms with Crippen LogP contribution in [0.15, 0.2) is 6.20 Å². The number of hydrogen-bond donors (Lipinski definition) is 2. The lowest BCUT2D eigenvalue weighted by Crippen LogP contribution is -2.32. The van der Waals surface area contributed by atoms with Gasteiger partial charge in [0.1, 0.15) is 0 Å². The van der Waals surface area contributed by atoms with E-state index >= 15 is 0 Å². The fraction of sp³-hybridized carbons (Fsp3) is 0.636. The van der Waals surface area contributed by atoms with Gasteiger partial charge in [-0.3, -0.25) is 9.89 Å². The molecule has 2 rings (SSSR count). The molecule has 1 aromatic rings. The molecule has 1 atom stereocenters. The van der Waals surface area contributed by atoms with Crippen LogP contribution in [0.2, 0.25) is 0 Å². The van der Waals surface area contributed by atoms with Crippen LogP contribution in [-0.4, -0.2) is 45.3 Å². The summed E-state index contributed by atoms with van der Waals surface area (Å²) in [6, 6.07) is 0. The molecule has 0 aliphatic carbocycles. The van der Waals surface area contributed by atoms with Gasteiger partial charge in [0.25, 0.3) is 5.91 Å². The zero-order valence-corrected chi connectivity index (χ0v) is 9.44. The van der Waals surface area contributed by atoms with Gasteiger partial charge < -0.3 is 10.0 Å². The Morgan fingerprint density at radius 1 is 1.56 bits per heavy atom. The Hall–Kier alpha value is -1.36. The van der Waals surface area contributed by atoms with Crippen LogP contribution in [0, 0.1) is 6.92 Å². The Bertz CT molecular complexity index is 375. The van der Waals surface area contributed by atoms with Crippen molar-refractivity contribution in [1.82, 2.24) is 15.1 Å². The topological polar surface area (TPSA) is 69.2 Å². The highest BCUT2D eigenvalue weighted by Crippen LogP contribution is 2.14. The molecule has 1 aliphatic rings. The molecular formula is C11H17N3O2. The van der Waals surface area contributed by atoms with E-state index < -0.39 is 0 Å². The van der Waals surface area contributed by atoms with Gasteiger partial charge in [0.15, 0.2) is 0 Å². The molecule has 2 heterocycles. The van der Waals surface area contributed by atoms with Crippen molar-refractivity contribution < 1.29 is 9.90 Å². The minimum Gasteiger partial charge on any atom is -0.393 e. The van der Waals surface area contributed by atoms with Gasteiger partial charge in [-0.25, -0.2) is 0 Å². The molecule has 0 radical (unpaired) electrons. The highest BCUT2D eigenvalue weighted by molar-refractivity contribution is 5.95. The third-order valence-electron chi connectivity index (χ3n) is 3.05. The van der Waals surface area contributed by atoms with Gasteiger partial charge in [-0.05, 0) is 26.2 Å². The predicted molar refractivity (Wildman–Crippen MR) is 59.1 cm³/mol. The Kier molecular flexibility index (Phi) is 3.24. The first-order chi connectivity index (χ1) is 7.68. The molecule has 5 nitrogen and oxygen atoms in total. The van der Waals surface area contributed by atoms with Crippen LogP contribution >= 0.6 is 0 Å². The smallest absolute Gasteiger partial charge is 0.257 e. The van der Waals surface area contributed by atoms with E-state index in [1.165, 1.54) is 0 Å². The van der Waals surface area contributed by atoms with Crippen LogP contribution in [0.5, 0.6) is 0 Å². The molecule has 0 spiro atoms. The van der Waals surface area contributed by atoms with Crippen molar-refractivity contribution in [2.45, 2.75) is 32.3 Å². The summed E-state index contributed by atoms with van der Waals surface area (Å²) in [5.41, 5.74) is 1.44. The average Bonchev–Trinajstić information content (AvgIpc) is 2.56. The number of nitrogens with zero attached hydrogens (tertiary/aromatic N) is 2. The lowest BCUT2D eigenvalue weighted by atomic mass is 10.2. The number of rotatable bonds is 1. The third kappa shape index (κ3) is 2.24. The zero-order valence-electron chi connectivity index (χ0n) is 9.44. The monoisotopic (exact) mass is 223 g/mol. The van der Waals surface area contributed by atoms with Crippen LogP contribution in [0.1, 0.15) is 35.3 Å². The van der Waals surface area contributed by atoms with Crippen molar-refractivity contribution in [3.63, 3.8) is 0 Å². The van der Waals surface area contributed by atoms with E-state index in [4.69, 9.17) is 0 Å². The van der Waals surface area contributed by atoms with Crippen LogP contribution in [0.25, 0.3) is 0 Å². The van der Waals surface area contributed by atoms with E-state index in [0.717, 1.165) is 25.1 Å². The quantitative estimate of drug-likeness (QED) is 0.736. The van der Waals surface area contributed by atoms with Gasteiger partial charge in [-0.2, -0.15) is 5.10 Å². The van der Waals surface area contributed by atoms with Gasteiger partial charge in [0, 0.05) is 18.8 Å². The van der Waals surface area contributed by atoms with Gasteiger partial charge >= 0.3 is 0 Å². The molecule has 1 aliphatic heterocycles. The molecule has 16 heavy (non-hydrogen) atoms. The average molecular weight is 223 g/mol. The highest BCUT2D eigenvalue weighted by Gasteiger charge is 2.22. The number of aromatic amines is 1. The van der Waals surface area contributed by atoms with Crippen molar-refractivity contribution in [2.75, 3.05) is 13.1 Å². The number of carbonyl (C=O) groups excluding carboxylic acids is 1. The maximum absolute atomic E-state index is 12.1. The molecule has 0 aromatic carbocycles. The second kappa shape index (κ2) is 4.65. The molecule has 5 heteroatoms. The molecule has 1 aromatic heterocycles. The fourth-order valence-corrected chi connectivity index (χ4v) is 2.02. The normalized spacial score (nSPS) is 21.9. The molecule has 88 valence electrons. The largest absolute Gasteiger partial charge is 0.393 e. The minimum atomic E-state index is -0.261. The lowest BCUT2D eigenvalue weighted by molar-refractivity contribution is 0.0752. The number of nitrogens with one attached hydrogen (secondary N) is 1. The first kappa shape index (κ1) is 11.1. The Morgan fingerprint density at radius 2 is 2.38 bits per heavy atom. The van der Waals surface area contributed by atoms with Gasteiger partial charge in [-0.15, -0.1) is 0 Å². The van der Waals surface area contributed by atoms with Crippen LogP contribution < -0.4 is 0 Å². The van der Waals surface area contributed by atoms with Crippen molar-refractivity contribution in [2.24, 2.45) is 0 Å². The summed E-state index contributed by atoms with van der Waals surface area (Å²) in [6.07, 6.45) is 3.63. The fourth-order valence-electron chi connectivity index (χ4n) is 2.02. The van der Waals surface area contributed by atoms with E-state index in [1.54, 1.807) is 11.1 Å². The Labute approximate surface area is 94.5 Å². The molecule has 1 fully saturated rings. The van der Waals surface area contributed by atoms with Crippen molar-refractivity contribution in [1.29, 1.82) is 0 Å². The van der Waals surface area contributed by atoms with Crippen molar-refractivity contribution in [3.05, 3.63) is 17.5 Å². The molecular weight excluding hydrogens is 206 g/mol. The Balaban J connectivity index is 2.07. The number of likely N-dealkylation sites (tertiary alicyclic amines) is 1. The second-order valence-electron chi connectivity index (χ2n) is 4.29. The summed E-state index contributed by atoms with van der Waals surface area (Å²) in [5.74, 6) is 0.0142. The van der Waals surface area contributed by atoms with Crippen molar-refractivity contribution in [3.8, 4) is 0 Å². The summed E-state index contributed by atoms with van der Waals surface area (Å²) in [6.45, 7) is 3.19. The van der Waals surface area contributed by atoms with E-state index in [9.17, 15) is 9.90 Å². The number of aromatic nitrogens is 2. The maximum Gasteiger partial charge on any atom is 0.257 e. The Morgan fingerprint density at radius 3 is 3.06 bits per heavy atom. The maximum atomic E-state index is 12.1. The zero-order chi connectivity index (χ0) is 11.5. The first-order valence-electron chi connectivity index (χ1n) is 5.66. The van der Waals surface area contributed by atoms with Crippen LogP contribution in [-0.2, 0) is 0 Å². The van der Waals surface area contributed by atoms with Crippen LogP contribution in [0.4, 0.5) is 0 Å². The van der Waals surface area contributed by atoms with E-state index in [-0.39, 0.29) is 12.0 Å². The summed E-state index contributed by atoms with van der Waals surface area (Å²) >= 11 is 0. The van der Waals surface area contributed by atoms with Gasteiger partial charge in [0.2, 0.25) is 0 Å². The number of aliphatic hydroxyl groups is 1. The minimum absolute atomic E-state index is 0.0142. The molecule has 0 bridgehead atoms. The van der Waals surface area contributed by atoms with Crippen molar-refractivity contribution >= 4 is 5.91 Å². The number of amides is 1. The SMILES string of the molecule is Cc1[nH]ncc1C(=O)N1CCCC(O)CC1. The highest BCUT2D eigenvalue weighted by atomic mass is 16.3. The molecule has 0 saturated carbocycles. The summed E-state index contributed by atoms with van der Waals surface area (Å²) < 4.78 is 0. The first-order valence-corrected chi connectivity index (χ1v) is 5.66. The lowest BCUT2D eigenvalue weighted by Gasteiger charge is -2.19. The third-order valence-corrected chi connectivity index (χ3v) is 3.05. The predicted octanol–water partition coefficient (Wildman–Crippen LogP) is 0.705. The summed E-state index contributed by atoms with van der Waals surface area (Å²) in [4.78, 5) is 13.9. The number of carbonyl (C=O) groups is 1. The number of H-pyrrole nitrogens is 1. The van der Waals surface area contributed by atoms with Gasteiger partial charge in [-0.1, -0.05) is 0 Å².